The predicted octanol–water partition coefficient (Wildman–Crippen LogP) is 2.41. The van der Waals surface area contributed by atoms with Crippen molar-refractivity contribution in [2.24, 2.45) is 0 Å². The van der Waals surface area contributed by atoms with Crippen LogP contribution in [0.2, 0.25) is 0 Å². The lowest BCUT2D eigenvalue weighted by atomic mass is 10.0. The summed E-state index contributed by atoms with van der Waals surface area (Å²) >= 11 is 0. The second kappa shape index (κ2) is 4.17. The summed E-state index contributed by atoms with van der Waals surface area (Å²) in [5, 5.41) is 3.65. The predicted molar refractivity (Wildman–Crippen MR) is 59.5 cm³/mol. The van der Waals surface area contributed by atoms with Crippen LogP contribution < -0.4 is 5.73 Å². The van der Waals surface area contributed by atoms with Crippen LogP contribution in [-0.4, -0.2) is 5.16 Å². The van der Waals surface area contributed by atoms with E-state index in [1.165, 1.54) is 11.1 Å². The Hall–Kier alpha value is -1.77. The summed E-state index contributed by atoms with van der Waals surface area (Å²) in [7, 11) is 0. The number of nitrogens with two attached hydrogens (primary N) is 1. The molecule has 0 aliphatic rings. The summed E-state index contributed by atoms with van der Waals surface area (Å²) < 4.78 is 4.81. The first kappa shape index (κ1) is 9.77. The Morgan fingerprint density at radius 2 is 1.87 bits per heavy atom. The quantitative estimate of drug-likeness (QED) is 0.831. The van der Waals surface area contributed by atoms with Crippen molar-refractivity contribution in [3.63, 3.8) is 0 Å². The molecule has 0 aliphatic heterocycles. The van der Waals surface area contributed by atoms with E-state index < -0.39 is 0 Å². The molecule has 0 unspecified atom stereocenters. The third kappa shape index (κ3) is 2.18. The molecule has 78 valence electrons. The van der Waals surface area contributed by atoms with Crippen LogP contribution in [0.4, 0.5) is 5.88 Å². The lowest BCUT2D eigenvalue weighted by Crippen LogP contribution is -1.92. The average Bonchev–Trinajstić information content (AvgIpc) is 2.66. The average molecular weight is 202 g/mol. The standard InChI is InChI=1S/C12H14N2O/c1-2-9-3-5-10(6-4-9)7-11-8-14-15-12(11)13/h3-6,8H,2,7,13H2,1H3. The molecule has 0 fully saturated rings. The largest absolute Gasteiger partial charge is 0.367 e. The number of aromatic nitrogens is 1. The van der Waals surface area contributed by atoms with Crippen molar-refractivity contribution in [3.8, 4) is 0 Å². The first-order chi connectivity index (χ1) is 7.29. The van der Waals surface area contributed by atoms with Gasteiger partial charge in [0.25, 0.3) is 0 Å². The SMILES string of the molecule is CCc1ccc(Cc2cnoc2N)cc1. The fourth-order valence-corrected chi connectivity index (χ4v) is 1.51. The number of hydrogen-bond acceptors (Lipinski definition) is 3. The Balaban J connectivity index is 2.14. The van der Waals surface area contributed by atoms with E-state index in [2.05, 4.69) is 36.3 Å². The minimum absolute atomic E-state index is 0.412. The maximum absolute atomic E-state index is 5.62. The Kier molecular flexibility index (Phi) is 2.72. The van der Waals surface area contributed by atoms with Crippen LogP contribution in [0.5, 0.6) is 0 Å². The van der Waals surface area contributed by atoms with E-state index in [0.29, 0.717) is 5.88 Å². The van der Waals surface area contributed by atoms with Gasteiger partial charge in [-0.05, 0) is 17.5 Å². The molecule has 0 radical (unpaired) electrons. The molecule has 0 amide bonds. The van der Waals surface area contributed by atoms with Crippen molar-refractivity contribution in [3.05, 3.63) is 47.2 Å². The highest BCUT2D eigenvalue weighted by Gasteiger charge is 2.04. The summed E-state index contributed by atoms with van der Waals surface area (Å²) in [6, 6.07) is 8.51. The number of aryl methyl sites for hydroxylation is 1. The van der Waals surface area contributed by atoms with Crippen LogP contribution in [-0.2, 0) is 12.8 Å². The van der Waals surface area contributed by atoms with Crippen LogP contribution in [0.1, 0.15) is 23.6 Å². The second-order valence-electron chi connectivity index (χ2n) is 3.56. The van der Waals surface area contributed by atoms with Gasteiger partial charge in [0.05, 0.1) is 6.20 Å². The maximum Gasteiger partial charge on any atom is 0.225 e. The summed E-state index contributed by atoms with van der Waals surface area (Å²) in [6.07, 6.45) is 3.51. The molecular weight excluding hydrogens is 188 g/mol. The van der Waals surface area contributed by atoms with Crippen LogP contribution in [0, 0.1) is 0 Å². The highest BCUT2D eigenvalue weighted by atomic mass is 16.5. The van der Waals surface area contributed by atoms with Gasteiger partial charge in [-0.2, -0.15) is 0 Å². The molecule has 0 saturated heterocycles. The number of nitrogens with zero attached hydrogens (tertiary/aromatic N) is 1. The van der Waals surface area contributed by atoms with E-state index in [9.17, 15) is 0 Å². The molecule has 1 aromatic carbocycles. The van der Waals surface area contributed by atoms with Gasteiger partial charge in [-0.15, -0.1) is 0 Å². The fourth-order valence-electron chi connectivity index (χ4n) is 1.51. The van der Waals surface area contributed by atoms with Gasteiger partial charge in [-0.25, -0.2) is 0 Å². The highest BCUT2D eigenvalue weighted by molar-refractivity contribution is 5.38. The third-order valence-electron chi connectivity index (χ3n) is 2.50. The van der Waals surface area contributed by atoms with Gasteiger partial charge in [0.1, 0.15) is 0 Å². The summed E-state index contributed by atoms with van der Waals surface area (Å²) in [6.45, 7) is 2.15. The number of benzene rings is 1. The Morgan fingerprint density at radius 1 is 1.20 bits per heavy atom. The Morgan fingerprint density at radius 3 is 2.40 bits per heavy atom. The molecule has 0 bridgehead atoms. The van der Waals surface area contributed by atoms with Crippen LogP contribution >= 0.6 is 0 Å². The van der Waals surface area contributed by atoms with Crippen LogP contribution in [0.25, 0.3) is 0 Å². The number of nitrogen functional groups attached to an aromatic ring is 1. The van der Waals surface area contributed by atoms with Crippen LogP contribution in [0.15, 0.2) is 35.0 Å². The molecule has 0 spiro atoms. The normalized spacial score (nSPS) is 10.5. The Labute approximate surface area is 88.9 Å². The van der Waals surface area contributed by atoms with Gasteiger partial charge in [0.15, 0.2) is 0 Å². The first-order valence-electron chi connectivity index (χ1n) is 5.06. The summed E-state index contributed by atoms with van der Waals surface area (Å²) in [5.41, 5.74) is 9.13. The van der Waals surface area contributed by atoms with Crippen molar-refractivity contribution in [1.29, 1.82) is 0 Å². The van der Waals surface area contributed by atoms with E-state index in [1.807, 2.05) is 0 Å². The molecule has 2 rings (SSSR count). The molecule has 3 nitrogen and oxygen atoms in total. The molecule has 3 heteroatoms. The van der Waals surface area contributed by atoms with Gasteiger partial charge in [-0.1, -0.05) is 36.3 Å². The van der Waals surface area contributed by atoms with Gasteiger partial charge >= 0.3 is 0 Å². The maximum atomic E-state index is 5.62. The van der Waals surface area contributed by atoms with Crippen molar-refractivity contribution in [2.75, 3.05) is 5.73 Å². The number of hydrogen-bond donors (Lipinski definition) is 1. The van der Waals surface area contributed by atoms with Gasteiger partial charge < -0.3 is 10.3 Å². The Bertz CT molecular complexity index is 431. The second-order valence-corrected chi connectivity index (χ2v) is 3.56. The van der Waals surface area contributed by atoms with Gasteiger partial charge in [0.2, 0.25) is 5.88 Å². The van der Waals surface area contributed by atoms with Gasteiger partial charge in [-0.3, -0.25) is 0 Å². The molecule has 2 aromatic rings. The van der Waals surface area contributed by atoms with E-state index in [1.54, 1.807) is 6.20 Å². The van der Waals surface area contributed by atoms with E-state index in [-0.39, 0.29) is 0 Å². The zero-order valence-corrected chi connectivity index (χ0v) is 8.73. The third-order valence-corrected chi connectivity index (χ3v) is 2.50. The fraction of sp³-hybridized carbons (Fsp3) is 0.250. The van der Waals surface area contributed by atoms with Crippen molar-refractivity contribution in [2.45, 2.75) is 19.8 Å². The lowest BCUT2D eigenvalue weighted by Gasteiger charge is -2.01. The molecule has 0 aliphatic carbocycles. The smallest absolute Gasteiger partial charge is 0.225 e. The topological polar surface area (TPSA) is 52.0 Å². The van der Waals surface area contributed by atoms with Crippen molar-refractivity contribution >= 4 is 5.88 Å². The van der Waals surface area contributed by atoms with E-state index in [4.69, 9.17) is 10.3 Å². The minimum atomic E-state index is 0.412. The minimum Gasteiger partial charge on any atom is -0.367 e. The molecule has 2 N–H and O–H groups in total. The molecule has 0 saturated carbocycles. The van der Waals surface area contributed by atoms with Crippen molar-refractivity contribution in [1.82, 2.24) is 5.16 Å². The zero-order chi connectivity index (χ0) is 10.7. The first-order valence-corrected chi connectivity index (χ1v) is 5.06. The highest BCUT2D eigenvalue weighted by Crippen LogP contribution is 2.16. The summed E-state index contributed by atoms with van der Waals surface area (Å²) in [5.74, 6) is 0.412. The van der Waals surface area contributed by atoms with Crippen molar-refractivity contribution < 1.29 is 4.52 Å². The number of rotatable bonds is 3. The number of anilines is 1. The zero-order valence-electron chi connectivity index (χ0n) is 8.73. The molecule has 1 aromatic heterocycles. The molecule has 15 heavy (non-hydrogen) atoms. The molecular formula is C12H14N2O. The molecule has 0 atom stereocenters. The molecule has 1 heterocycles. The van der Waals surface area contributed by atoms with E-state index in [0.717, 1.165) is 18.4 Å². The van der Waals surface area contributed by atoms with E-state index >= 15 is 0 Å². The monoisotopic (exact) mass is 202 g/mol. The van der Waals surface area contributed by atoms with Crippen LogP contribution in [0.3, 0.4) is 0 Å². The van der Waals surface area contributed by atoms with Gasteiger partial charge in [0, 0.05) is 12.0 Å². The lowest BCUT2D eigenvalue weighted by molar-refractivity contribution is 0.436. The summed E-state index contributed by atoms with van der Waals surface area (Å²) in [4.78, 5) is 0.